The molecule has 0 saturated carbocycles. The number of rotatable bonds is 5. The molecule has 2 atom stereocenters. The third-order valence-corrected chi connectivity index (χ3v) is 5.33. The summed E-state index contributed by atoms with van der Waals surface area (Å²) in [7, 11) is 0. The van der Waals surface area contributed by atoms with Gasteiger partial charge in [-0.25, -0.2) is 4.68 Å². The van der Waals surface area contributed by atoms with Crippen molar-refractivity contribution in [2.75, 3.05) is 4.90 Å². The number of allylic oxidation sites excluding steroid dienone is 4. The molecule has 0 N–H and O–H groups in total. The number of benzene rings is 2. The van der Waals surface area contributed by atoms with Gasteiger partial charge in [0.15, 0.2) is 6.04 Å². The van der Waals surface area contributed by atoms with Crippen molar-refractivity contribution in [2.24, 2.45) is 0 Å². The lowest BCUT2D eigenvalue weighted by molar-refractivity contribution is -0.128. The second kappa shape index (κ2) is 7.36. The number of anilines is 1. The van der Waals surface area contributed by atoms with Gasteiger partial charge in [0.2, 0.25) is 0 Å². The Hall–Kier alpha value is -3.73. The van der Waals surface area contributed by atoms with E-state index in [4.69, 9.17) is 0 Å². The van der Waals surface area contributed by atoms with Gasteiger partial charge in [-0.3, -0.25) is 4.79 Å². The van der Waals surface area contributed by atoms with Crippen molar-refractivity contribution in [3.63, 3.8) is 0 Å². The number of carbonyl (C=O) groups is 1. The Kier molecular flexibility index (Phi) is 4.41. The molecule has 5 nitrogen and oxygen atoms in total. The van der Waals surface area contributed by atoms with E-state index in [9.17, 15) is 4.79 Å². The molecule has 0 unspecified atom stereocenters. The standard InChI is InChI=1S/C24H20N4O/c29-24-23(27-17-21(25-26-27)19-11-7-8-12-19)22(16-15-18-9-3-1-4-10-18)28(24)20-13-5-2-6-14-20/h1-11,13-17,22-23H,12H2/b16-15+/t22-,23+/m1/s1. The van der Waals surface area contributed by atoms with E-state index in [1.165, 1.54) is 0 Å². The third kappa shape index (κ3) is 3.21. The van der Waals surface area contributed by atoms with Gasteiger partial charge in [0.25, 0.3) is 5.91 Å². The first-order chi connectivity index (χ1) is 14.3. The predicted molar refractivity (Wildman–Crippen MR) is 114 cm³/mol. The molecule has 29 heavy (non-hydrogen) atoms. The number of para-hydroxylation sites is 1. The number of hydrogen-bond acceptors (Lipinski definition) is 3. The smallest absolute Gasteiger partial charge is 0.255 e. The lowest BCUT2D eigenvalue weighted by atomic mass is 9.92. The molecule has 1 fully saturated rings. The van der Waals surface area contributed by atoms with Crippen LogP contribution < -0.4 is 4.90 Å². The van der Waals surface area contributed by atoms with Crippen molar-refractivity contribution in [3.8, 4) is 0 Å². The SMILES string of the molecule is O=C1[C@@H](n2cc(C3=CC=CC3)nn2)[C@@H](/C=C/c2ccccc2)N1c1ccccc1. The summed E-state index contributed by atoms with van der Waals surface area (Å²) in [6.07, 6.45) is 13.0. The number of aromatic nitrogens is 3. The van der Waals surface area contributed by atoms with Crippen LogP contribution in [0, 0.1) is 0 Å². The van der Waals surface area contributed by atoms with E-state index in [1.807, 2.05) is 83.9 Å². The van der Waals surface area contributed by atoms with Crippen molar-refractivity contribution in [2.45, 2.75) is 18.5 Å². The number of nitrogens with zero attached hydrogens (tertiary/aromatic N) is 4. The average Bonchev–Trinajstić information content (AvgIpc) is 3.45. The van der Waals surface area contributed by atoms with Crippen molar-refractivity contribution >= 4 is 23.2 Å². The Morgan fingerprint density at radius 1 is 1.00 bits per heavy atom. The molecule has 5 rings (SSSR count). The lowest BCUT2D eigenvalue weighted by Crippen LogP contribution is -2.61. The summed E-state index contributed by atoms with van der Waals surface area (Å²) in [6, 6.07) is 19.3. The molecular formula is C24H20N4O. The van der Waals surface area contributed by atoms with Crippen LogP contribution in [0.2, 0.25) is 0 Å². The maximum absolute atomic E-state index is 13.1. The van der Waals surface area contributed by atoms with Gasteiger partial charge in [-0.2, -0.15) is 0 Å². The summed E-state index contributed by atoms with van der Waals surface area (Å²) in [5.41, 5.74) is 3.94. The van der Waals surface area contributed by atoms with Gasteiger partial charge in [-0.05, 0) is 29.7 Å². The van der Waals surface area contributed by atoms with Gasteiger partial charge in [-0.15, -0.1) is 5.10 Å². The predicted octanol–water partition coefficient (Wildman–Crippen LogP) is 4.29. The summed E-state index contributed by atoms with van der Waals surface area (Å²) >= 11 is 0. The fraction of sp³-hybridized carbons (Fsp3) is 0.125. The van der Waals surface area contributed by atoms with Gasteiger partial charge < -0.3 is 4.90 Å². The first kappa shape index (κ1) is 17.4. The van der Waals surface area contributed by atoms with Gasteiger partial charge >= 0.3 is 0 Å². The summed E-state index contributed by atoms with van der Waals surface area (Å²) in [5, 5.41) is 8.58. The maximum Gasteiger partial charge on any atom is 0.255 e. The highest BCUT2D eigenvalue weighted by Crippen LogP contribution is 2.37. The molecule has 3 aromatic rings. The van der Waals surface area contributed by atoms with Crippen molar-refractivity contribution in [1.82, 2.24) is 15.0 Å². The van der Waals surface area contributed by atoms with Crippen molar-refractivity contribution < 1.29 is 4.79 Å². The molecule has 5 heteroatoms. The van der Waals surface area contributed by atoms with Crippen molar-refractivity contribution in [3.05, 3.63) is 102 Å². The van der Waals surface area contributed by atoms with Crippen LogP contribution in [-0.2, 0) is 4.79 Å². The second-order valence-electron chi connectivity index (χ2n) is 7.16. The molecule has 0 spiro atoms. The average molecular weight is 380 g/mol. The van der Waals surface area contributed by atoms with Crippen LogP contribution in [-0.4, -0.2) is 26.9 Å². The van der Waals surface area contributed by atoms with Gasteiger partial charge in [-0.1, -0.05) is 84.1 Å². The fourth-order valence-corrected chi connectivity index (χ4v) is 3.81. The van der Waals surface area contributed by atoms with E-state index in [-0.39, 0.29) is 11.9 Å². The highest BCUT2D eigenvalue weighted by molar-refractivity contribution is 6.05. The van der Waals surface area contributed by atoms with E-state index in [2.05, 4.69) is 28.5 Å². The third-order valence-electron chi connectivity index (χ3n) is 5.33. The fourth-order valence-electron chi connectivity index (χ4n) is 3.81. The van der Waals surface area contributed by atoms with E-state index < -0.39 is 6.04 Å². The molecule has 1 aromatic heterocycles. The zero-order chi connectivity index (χ0) is 19.6. The molecule has 1 saturated heterocycles. The Morgan fingerprint density at radius 2 is 1.76 bits per heavy atom. The molecule has 1 aliphatic carbocycles. The van der Waals surface area contributed by atoms with Crippen LogP contribution in [0.4, 0.5) is 5.69 Å². The van der Waals surface area contributed by atoms with Crippen LogP contribution in [0.15, 0.2) is 91.2 Å². The Morgan fingerprint density at radius 3 is 2.48 bits per heavy atom. The summed E-state index contributed by atoms with van der Waals surface area (Å²) in [6.45, 7) is 0. The molecule has 2 heterocycles. The zero-order valence-corrected chi connectivity index (χ0v) is 15.8. The minimum atomic E-state index is -0.397. The summed E-state index contributed by atoms with van der Waals surface area (Å²) in [4.78, 5) is 14.9. The van der Waals surface area contributed by atoms with E-state index in [0.29, 0.717) is 0 Å². The zero-order valence-electron chi connectivity index (χ0n) is 15.8. The Bertz CT molecular complexity index is 1110. The van der Waals surface area contributed by atoms with E-state index in [1.54, 1.807) is 4.68 Å². The molecule has 2 aliphatic rings. The van der Waals surface area contributed by atoms with E-state index >= 15 is 0 Å². The molecule has 0 bridgehead atoms. The molecule has 142 valence electrons. The minimum Gasteiger partial charge on any atom is -0.301 e. The lowest BCUT2D eigenvalue weighted by Gasteiger charge is -2.45. The van der Waals surface area contributed by atoms with E-state index in [0.717, 1.165) is 28.9 Å². The second-order valence-corrected chi connectivity index (χ2v) is 7.16. The monoisotopic (exact) mass is 380 g/mol. The van der Waals surface area contributed by atoms with Crippen LogP contribution >= 0.6 is 0 Å². The highest BCUT2D eigenvalue weighted by atomic mass is 16.2. The highest BCUT2D eigenvalue weighted by Gasteiger charge is 2.48. The normalized spacial score (nSPS) is 20.9. The summed E-state index contributed by atoms with van der Waals surface area (Å²) < 4.78 is 1.70. The topological polar surface area (TPSA) is 51.0 Å². The largest absolute Gasteiger partial charge is 0.301 e. The van der Waals surface area contributed by atoms with Crippen LogP contribution in [0.1, 0.15) is 23.7 Å². The molecule has 1 aliphatic heterocycles. The van der Waals surface area contributed by atoms with Crippen LogP contribution in [0.25, 0.3) is 11.6 Å². The minimum absolute atomic E-state index is 0.0221. The molecule has 2 aromatic carbocycles. The van der Waals surface area contributed by atoms with Crippen LogP contribution in [0.3, 0.4) is 0 Å². The summed E-state index contributed by atoms with van der Waals surface area (Å²) in [5.74, 6) is 0.0221. The van der Waals surface area contributed by atoms with Gasteiger partial charge in [0.1, 0.15) is 5.69 Å². The quantitative estimate of drug-likeness (QED) is 0.621. The Labute approximate surface area is 169 Å². The van der Waals surface area contributed by atoms with Crippen molar-refractivity contribution in [1.29, 1.82) is 0 Å². The number of carbonyl (C=O) groups excluding carboxylic acids is 1. The first-order valence-electron chi connectivity index (χ1n) is 9.70. The Balaban J connectivity index is 1.47. The number of amides is 1. The van der Waals surface area contributed by atoms with Gasteiger partial charge in [0.05, 0.1) is 12.2 Å². The number of hydrogen-bond donors (Lipinski definition) is 0. The molecule has 1 amide bonds. The number of β-lactam (4-membered cyclic amide) rings is 1. The van der Waals surface area contributed by atoms with Crippen LogP contribution in [0.5, 0.6) is 0 Å². The van der Waals surface area contributed by atoms with Gasteiger partial charge in [0, 0.05) is 5.69 Å². The maximum atomic E-state index is 13.1. The molecule has 0 radical (unpaired) electrons. The molecular weight excluding hydrogens is 360 g/mol. The first-order valence-corrected chi connectivity index (χ1v) is 9.70.